The minimum atomic E-state index is 0.806. The van der Waals surface area contributed by atoms with Gasteiger partial charge >= 0.3 is 0 Å². The number of methoxy groups -OCH3 is 1. The number of hydrogen-bond acceptors (Lipinski definition) is 2. The number of nitrogens with zero attached hydrogens (tertiary/aromatic N) is 2. The fraction of sp³-hybridized carbons (Fsp3) is 0.182. The van der Waals surface area contributed by atoms with Crippen LogP contribution < -0.4 is 4.74 Å². The minimum absolute atomic E-state index is 0.806. The molecule has 0 radical (unpaired) electrons. The summed E-state index contributed by atoms with van der Waals surface area (Å²) < 4.78 is 8.72. The van der Waals surface area contributed by atoms with Crippen LogP contribution in [0, 0.1) is 0 Å². The van der Waals surface area contributed by atoms with Crippen molar-refractivity contribution >= 4 is 31.9 Å². The fourth-order valence-electron chi connectivity index (χ4n) is 1.53. The van der Waals surface area contributed by atoms with E-state index in [1.54, 1.807) is 7.11 Å². The summed E-state index contributed by atoms with van der Waals surface area (Å²) >= 11 is 6.90. The van der Waals surface area contributed by atoms with Crippen LogP contribution in [-0.4, -0.2) is 16.9 Å². The van der Waals surface area contributed by atoms with Crippen molar-refractivity contribution in [2.75, 3.05) is 7.11 Å². The highest BCUT2D eigenvalue weighted by Gasteiger charge is 2.13. The normalized spacial score (nSPS) is 10.5. The molecule has 1 aromatic carbocycles. The number of benzene rings is 1. The van der Waals surface area contributed by atoms with E-state index in [1.165, 1.54) is 0 Å². The van der Waals surface area contributed by atoms with Gasteiger partial charge in [0, 0.05) is 12.6 Å². The first kappa shape index (κ1) is 11.7. The molecule has 84 valence electrons. The second kappa shape index (κ2) is 4.59. The molecule has 0 aliphatic rings. The molecule has 16 heavy (non-hydrogen) atoms. The summed E-state index contributed by atoms with van der Waals surface area (Å²) in [5, 5.41) is 4.28. The standard InChI is InChI=1S/C11H10Br2N2O/c1-15-10(9(12)11(13)14-15)7-3-5-8(16-2)6-4-7/h3-6H,1-2H3. The maximum atomic E-state index is 5.13. The topological polar surface area (TPSA) is 27.1 Å². The largest absolute Gasteiger partial charge is 0.497 e. The molecule has 0 aliphatic carbocycles. The number of ether oxygens (including phenoxy) is 1. The summed E-state index contributed by atoms with van der Waals surface area (Å²) in [6, 6.07) is 7.88. The molecule has 2 rings (SSSR count). The van der Waals surface area contributed by atoms with Crippen molar-refractivity contribution in [1.82, 2.24) is 9.78 Å². The van der Waals surface area contributed by atoms with Gasteiger partial charge < -0.3 is 4.74 Å². The van der Waals surface area contributed by atoms with Crippen LogP contribution in [0.15, 0.2) is 33.3 Å². The quantitative estimate of drug-likeness (QED) is 0.831. The van der Waals surface area contributed by atoms with E-state index >= 15 is 0 Å². The number of aryl methyl sites for hydroxylation is 1. The zero-order chi connectivity index (χ0) is 11.7. The van der Waals surface area contributed by atoms with E-state index in [1.807, 2.05) is 36.0 Å². The summed E-state index contributed by atoms with van der Waals surface area (Å²) in [5.41, 5.74) is 2.13. The molecule has 0 saturated heterocycles. The molecule has 5 heteroatoms. The molecule has 0 fully saturated rings. The second-order valence-electron chi connectivity index (χ2n) is 3.31. The molecule has 0 amide bonds. The lowest BCUT2D eigenvalue weighted by Gasteiger charge is -2.04. The Bertz CT molecular complexity index is 505. The molecule has 0 saturated carbocycles. The average molecular weight is 346 g/mol. The first-order valence-electron chi connectivity index (χ1n) is 4.66. The number of hydrogen-bond donors (Lipinski definition) is 0. The molecule has 2 aromatic rings. The molecule has 1 heterocycles. The zero-order valence-electron chi connectivity index (χ0n) is 8.87. The first-order chi connectivity index (χ1) is 7.63. The van der Waals surface area contributed by atoms with Crippen molar-refractivity contribution in [3.8, 4) is 17.0 Å². The Labute approximate surface area is 111 Å². The molecule has 0 bridgehead atoms. The molecule has 0 N–H and O–H groups in total. The highest BCUT2D eigenvalue weighted by molar-refractivity contribution is 9.13. The van der Waals surface area contributed by atoms with Crippen LogP contribution in [0.5, 0.6) is 5.75 Å². The van der Waals surface area contributed by atoms with Crippen molar-refractivity contribution < 1.29 is 4.74 Å². The van der Waals surface area contributed by atoms with E-state index in [4.69, 9.17) is 4.74 Å². The van der Waals surface area contributed by atoms with Crippen LogP contribution in [-0.2, 0) is 7.05 Å². The summed E-state index contributed by atoms with van der Waals surface area (Å²) in [6.45, 7) is 0. The van der Waals surface area contributed by atoms with Gasteiger partial charge in [-0.05, 0) is 56.1 Å². The number of rotatable bonds is 2. The average Bonchev–Trinajstić information content (AvgIpc) is 2.54. The van der Waals surface area contributed by atoms with Crippen molar-refractivity contribution in [3.05, 3.63) is 33.3 Å². The van der Waals surface area contributed by atoms with Gasteiger partial charge in [0.1, 0.15) is 10.4 Å². The lowest BCUT2D eigenvalue weighted by atomic mass is 10.1. The second-order valence-corrected chi connectivity index (χ2v) is 4.85. The Kier molecular flexibility index (Phi) is 3.35. The van der Waals surface area contributed by atoms with E-state index in [0.717, 1.165) is 26.1 Å². The van der Waals surface area contributed by atoms with Gasteiger partial charge in [0.05, 0.1) is 17.3 Å². The smallest absolute Gasteiger partial charge is 0.142 e. The van der Waals surface area contributed by atoms with Gasteiger partial charge in [0.15, 0.2) is 0 Å². The predicted octanol–water partition coefficient (Wildman–Crippen LogP) is 3.62. The van der Waals surface area contributed by atoms with Crippen LogP contribution in [0.2, 0.25) is 0 Å². The molecule has 0 unspecified atom stereocenters. The third-order valence-electron chi connectivity index (χ3n) is 2.31. The molecule has 0 atom stereocenters. The maximum absolute atomic E-state index is 5.13. The van der Waals surface area contributed by atoms with Crippen LogP contribution in [0.3, 0.4) is 0 Å². The van der Waals surface area contributed by atoms with Crippen LogP contribution >= 0.6 is 31.9 Å². The monoisotopic (exact) mass is 344 g/mol. The first-order valence-corrected chi connectivity index (χ1v) is 6.24. The molecule has 1 aromatic heterocycles. The fourth-order valence-corrected chi connectivity index (χ4v) is 2.52. The zero-order valence-corrected chi connectivity index (χ0v) is 12.0. The molecular weight excluding hydrogens is 336 g/mol. The highest BCUT2D eigenvalue weighted by Crippen LogP contribution is 2.33. The Morgan fingerprint density at radius 2 is 1.81 bits per heavy atom. The van der Waals surface area contributed by atoms with Crippen LogP contribution in [0.1, 0.15) is 0 Å². The third-order valence-corrected chi connectivity index (χ3v) is 4.15. The van der Waals surface area contributed by atoms with Crippen molar-refractivity contribution in [3.63, 3.8) is 0 Å². The lowest BCUT2D eigenvalue weighted by Crippen LogP contribution is -1.93. The summed E-state index contributed by atoms with van der Waals surface area (Å²) in [6.07, 6.45) is 0. The van der Waals surface area contributed by atoms with Gasteiger partial charge in [-0.2, -0.15) is 5.10 Å². The predicted molar refractivity (Wildman–Crippen MR) is 70.6 cm³/mol. The van der Waals surface area contributed by atoms with E-state index in [-0.39, 0.29) is 0 Å². The summed E-state index contributed by atoms with van der Waals surface area (Å²) in [5.74, 6) is 0.848. The van der Waals surface area contributed by atoms with Crippen molar-refractivity contribution in [1.29, 1.82) is 0 Å². The van der Waals surface area contributed by atoms with Gasteiger partial charge in [0.2, 0.25) is 0 Å². The number of halogens is 2. The van der Waals surface area contributed by atoms with E-state index in [9.17, 15) is 0 Å². The van der Waals surface area contributed by atoms with E-state index < -0.39 is 0 Å². The highest BCUT2D eigenvalue weighted by atomic mass is 79.9. The van der Waals surface area contributed by atoms with Crippen molar-refractivity contribution in [2.24, 2.45) is 7.05 Å². The molecule has 0 spiro atoms. The molecule has 0 aliphatic heterocycles. The van der Waals surface area contributed by atoms with E-state index in [2.05, 4.69) is 37.0 Å². The van der Waals surface area contributed by atoms with Crippen molar-refractivity contribution in [2.45, 2.75) is 0 Å². The van der Waals surface area contributed by atoms with Gasteiger partial charge in [-0.25, -0.2) is 0 Å². The summed E-state index contributed by atoms with van der Waals surface area (Å²) in [7, 11) is 3.57. The van der Waals surface area contributed by atoms with Crippen LogP contribution in [0.4, 0.5) is 0 Å². The van der Waals surface area contributed by atoms with Gasteiger partial charge in [-0.3, -0.25) is 4.68 Å². The number of aromatic nitrogens is 2. The Balaban J connectivity index is 2.50. The van der Waals surface area contributed by atoms with Gasteiger partial charge in [-0.1, -0.05) is 0 Å². The summed E-state index contributed by atoms with van der Waals surface area (Å²) in [4.78, 5) is 0. The lowest BCUT2D eigenvalue weighted by molar-refractivity contribution is 0.415. The SMILES string of the molecule is COc1ccc(-c2c(Br)c(Br)nn2C)cc1. The Morgan fingerprint density at radius 1 is 1.19 bits per heavy atom. The van der Waals surface area contributed by atoms with Gasteiger partial charge in [-0.15, -0.1) is 0 Å². The Morgan fingerprint density at radius 3 is 2.25 bits per heavy atom. The van der Waals surface area contributed by atoms with E-state index in [0.29, 0.717) is 0 Å². The third kappa shape index (κ3) is 2.01. The molecular formula is C11H10Br2N2O. The van der Waals surface area contributed by atoms with Crippen LogP contribution in [0.25, 0.3) is 11.3 Å². The maximum Gasteiger partial charge on any atom is 0.142 e. The Hall–Kier alpha value is -0.810. The minimum Gasteiger partial charge on any atom is -0.497 e. The molecule has 3 nitrogen and oxygen atoms in total. The van der Waals surface area contributed by atoms with Gasteiger partial charge in [0.25, 0.3) is 0 Å².